The first kappa shape index (κ1) is 18.1. The van der Waals surface area contributed by atoms with E-state index in [1.165, 1.54) is 32.1 Å². The lowest BCUT2D eigenvalue weighted by molar-refractivity contribution is -0.129. The standard InChI is InChI=1S/C20H34N4O2/c1-3-16(25)24-11-7-14(13-24)22-19(21-4-2)23-17-15-8-12-26-18(15)20(17)9-5-6-10-20/h14-15,17-18H,3-13H2,1-2H3,(H2,21,22,23). The van der Waals surface area contributed by atoms with Crippen LogP contribution in [-0.4, -0.2) is 61.2 Å². The summed E-state index contributed by atoms with van der Waals surface area (Å²) < 4.78 is 6.10. The molecule has 6 heteroatoms. The third-order valence-corrected chi connectivity index (χ3v) is 7.08. The molecule has 2 N–H and O–H groups in total. The SMILES string of the molecule is CCN=C(NC1CCN(C(=O)CC)C1)NC1C2CCOC2C12CCCC2. The number of ether oxygens (including phenoxy) is 1. The second-order valence-corrected chi connectivity index (χ2v) is 8.45. The van der Waals surface area contributed by atoms with Crippen LogP contribution in [0, 0.1) is 11.3 Å². The number of likely N-dealkylation sites (tertiary alicyclic amines) is 1. The summed E-state index contributed by atoms with van der Waals surface area (Å²) in [6.45, 7) is 7.35. The van der Waals surface area contributed by atoms with Gasteiger partial charge in [0.25, 0.3) is 0 Å². The highest BCUT2D eigenvalue weighted by molar-refractivity contribution is 5.81. The molecule has 146 valence electrons. The minimum atomic E-state index is 0.256. The lowest BCUT2D eigenvalue weighted by Crippen LogP contribution is -2.69. The van der Waals surface area contributed by atoms with E-state index in [1.54, 1.807) is 0 Å². The average Bonchev–Trinajstić information content (AvgIpc) is 3.37. The van der Waals surface area contributed by atoms with E-state index in [1.807, 2.05) is 11.8 Å². The molecule has 0 bridgehead atoms. The largest absolute Gasteiger partial charge is 0.377 e. The number of hydrogen-bond acceptors (Lipinski definition) is 3. The van der Waals surface area contributed by atoms with Crippen LogP contribution in [0.1, 0.15) is 58.8 Å². The topological polar surface area (TPSA) is 66.0 Å². The van der Waals surface area contributed by atoms with Crippen LogP contribution in [-0.2, 0) is 9.53 Å². The second-order valence-electron chi connectivity index (χ2n) is 8.45. The summed E-state index contributed by atoms with van der Waals surface area (Å²) in [4.78, 5) is 18.6. The summed E-state index contributed by atoms with van der Waals surface area (Å²) in [6, 6.07) is 0.795. The number of fused-ring (bicyclic) bond motifs is 2. The summed E-state index contributed by atoms with van der Waals surface area (Å²) >= 11 is 0. The second kappa shape index (κ2) is 7.37. The predicted molar refractivity (Wildman–Crippen MR) is 102 cm³/mol. The Morgan fingerprint density at radius 2 is 2.04 bits per heavy atom. The summed E-state index contributed by atoms with van der Waals surface area (Å²) in [6.07, 6.45) is 8.46. The molecule has 4 aliphatic rings. The minimum Gasteiger partial charge on any atom is -0.377 e. The average molecular weight is 363 g/mol. The molecule has 2 saturated heterocycles. The summed E-state index contributed by atoms with van der Waals surface area (Å²) in [5, 5.41) is 7.41. The van der Waals surface area contributed by atoms with Gasteiger partial charge >= 0.3 is 0 Å². The third kappa shape index (κ3) is 3.00. The quantitative estimate of drug-likeness (QED) is 0.592. The Morgan fingerprint density at radius 3 is 2.77 bits per heavy atom. The molecule has 4 unspecified atom stereocenters. The van der Waals surface area contributed by atoms with E-state index >= 15 is 0 Å². The highest BCUT2D eigenvalue weighted by Gasteiger charge is 2.65. The molecule has 0 aromatic carbocycles. The Kier molecular flexibility index (Phi) is 5.13. The number of rotatable bonds is 4. The Bertz CT molecular complexity index is 558. The number of guanidine groups is 1. The smallest absolute Gasteiger partial charge is 0.222 e. The molecule has 6 nitrogen and oxygen atoms in total. The summed E-state index contributed by atoms with van der Waals surface area (Å²) in [5.74, 6) is 1.83. The Hall–Kier alpha value is -1.30. The highest BCUT2D eigenvalue weighted by atomic mass is 16.5. The molecule has 4 fully saturated rings. The van der Waals surface area contributed by atoms with Crippen molar-refractivity contribution in [3.63, 3.8) is 0 Å². The molecule has 4 rings (SSSR count). The summed E-state index contributed by atoms with van der Waals surface area (Å²) in [5.41, 5.74) is 0.331. The van der Waals surface area contributed by atoms with Gasteiger partial charge in [-0.05, 0) is 32.6 Å². The molecule has 0 aromatic heterocycles. The van der Waals surface area contributed by atoms with Gasteiger partial charge in [-0.25, -0.2) is 0 Å². The summed E-state index contributed by atoms with van der Waals surface area (Å²) in [7, 11) is 0. The van der Waals surface area contributed by atoms with Crippen LogP contribution in [0.25, 0.3) is 0 Å². The fourth-order valence-electron chi connectivity index (χ4n) is 5.86. The van der Waals surface area contributed by atoms with Crippen LogP contribution in [0.15, 0.2) is 4.99 Å². The first-order chi connectivity index (χ1) is 12.7. The van der Waals surface area contributed by atoms with E-state index in [0.29, 0.717) is 35.9 Å². The zero-order valence-electron chi connectivity index (χ0n) is 16.3. The maximum atomic E-state index is 11.9. The van der Waals surface area contributed by atoms with E-state index in [4.69, 9.17) is 9.73 Å². The molecule has 1 spiro atoms. The molecule has 4 atom stereocenters. The Labute approximate surface area is 157 Å². The molecular formula is C20H34N4O2. The van der Waals surface area contributed by atoms with Crippen molar-refractivity contribution < 1.29 is 9.53 Å². The first-order valence-corrected chi connectivity index (χ1v) is 10.6. The predicted octanol–water partition coefficient (Wildman–Crippen LogP) is 1.90. The van der Waals surface area contributed by atoms with Crippen LogP contribution >= 0.6 is 0 Å². The minimum absolute atomic E-state index is 0.256. The van der Waals surface area contributed by atoms with E-state index in [2.05, 4.69) is 17.6 Å². The van der Waals surface area contributed by atoms with E-state index < -0.39 is 0 Å². The van der Waals surface area contributed by atoms with E-state index in [-0.39, 0.29) is 5.91 Å². The van der Waals surface area contributed by atoms with Gasteiger partial charge in [0.15, 0.2) is 5.96 Å². The van der Waals surface area contributed by atoms with Gasteiger partial charge in [-0.3, -0.25) is 9.79 Å². The van der Waals surface area contributed by atoms with Gasteiger partial charge in [-0.2, -0.15) is 0 Å². The van der Waals surface area contributed by atoms with Crippen molar-refractivity contribution in [2.75, 3.05) is 26.2 Å². The number of amides is 1. The molecular weight excluding hydrogens is 328 g/mol. The Balaban J connectivity index is 1.40. The normalized spacial score (nSPS) is 35.5. The first-order valence-electron chi connectivity index (χ1n) is 10.6. The zero-order chi connectivity index (χ0) is 18.1. The van der Waals surface area contributed by atoms with Crippen molar-refractivity contribution in [3.05, 3.63) is 0 Å². The van der Waals surface area contributed by atoms with Crippen LogP contribution < -0.4 is 10.6 Å². The highest BCUT2D eigenvalue weighted by Crippen LogP contribution is 2.60. The molecule has 0 aromatic rings. The Morgan fingerprint density at radius 1 is 1.23 bits per heavy atom. The van der Waals surface area contributed by atoms with Gasteiger partial charge in [0.05, 0.1) is 6.10 Å². The molecule has 1 amide bonds. The fraction of sp³-hybridized carbons (Fsp3) is 0.900. The van der Waals surface area contributed by atoms with Crippen LogP contribution in [0.2, 0.25) is 0 Å². The van der Waals surface area contributed by atoms with Crippen molar-refractivity contribution in [3.8, 4) is 0 Å². The lowest BCUT2D eigenvalue weighted by Gasteiger charge is -2.57. The van der Waals surface area contributed by atoms with Crippen molar-refractivity contribution in [2.45, 2.75) is 77.0 Å². The maximum Gasteiger partial charge on any atom is 0.222 e. The monoisotopic (exact) mass is 362 g/mol. The van der Waals surface area contributed by atoms with E-state index in [9.17, 15) is 4.79 Å². The number of hydrogen-bond donors (Lipinski definition) is 2. The molecule has 2 heterocycles. The maximum absolute atomic E-state index is 11.9. The fourth-order valence-corrected chi connectivity index (χ4v) is 5.86. The number of carbonyl (C=O) groups excluding carboxylic acids is 1. The number of aliphatic imine (C=N–C) groups is 1. The number of nitrogens with zero attached hydrogens (tertiary/aromatic N) is 2. The van der Waals surface area contributed by atoms with Gasteiger partial charge in [-0.1, -0.05) is 19.8 Å². The van der Waals surface area contributed by atoms with Crippen molar-refractivity contribution in [1.82, 2.24) is 15.5 Å². The van der Waals surface area contributed by atoms with Gasteiger partial charge in [-0.15, -0.1) is 0 Å². The lowest BCUT2D eigenvalue weighted by atomic mass is 9.54. The van der Waals surface area contributed by atoms with Crippen molar-refractivity contribution in [2.24, 2.45) is 16.3 Å². The van der Waals surface area contributed by atoms with Gasteiger partial charge in [0, 0.05) is 56.1 Å². The zero-order valence-corrected chi connectivity index (χ0v) is 16.3. The molecule has 26 heavy (non-hydrogen) atoms. The number of carbonyl (C=O) groups is 1. The van der Waals surface area contributed by atoms with Gasteiger partial charge in [0.2, 0.25) is 5.91 Å². The molecule has 0 radical (unpaired) electrons. The van der Waals surface area contributed by atoms with Crippen molar-refractivity contribution in [1.29, 1.82) is 0 Å². The van der Waals surface area contributed by atoms with Crippen LogP contribution in [0.5, 0.6) is 0 Å². The van der Waals surface area contributed by atoms with Crippen molar-refractivity contribution >= 4 is 11.9 Å². The third-order valence-electron chi connectivity index (χ3n) is 7.08. The molecule has 2 saturated carbocycles. The van der Waals surface area contributed by atoms with Gasteiger partial charge in [0.1, 0.15) is 0 Å². The molecule has 2 aliphatic carbocycles. The van der Waals surface area contributed by atoms with Gasteiger partial charge < -0.3 is 20.3 Å². The van der Waals surface area contributed by atoms with Crippen LogP contribution in [0.4, 0.5) is 0 Å². The number of nitrogens with one attached hydrogen (secondary N) is 2. The van der Waals surface area contributed by atoms with E-state index in [0.717, 1.165) is 38.6 Å². The van der Waals surface area contributed by atoms with Crippen LogP contribution in [0.3, 0.4) is 0 Å². The molecule has 2 aliphatic heterocycles.